The molecule has 0 saturated heterocycles. The molecule has 0 atom stereocenters. The minimum atomic E-state index is 0.605. The molecule has 1 aromatic heterocycles. The van der Waals surface area contributed by atoms with Gasteiger partial charge in [-0.2, -0.15) is 0 Å². The zero-order valence-electron chi connectivity index (χ0n) is 6.34. The van der Waals surface area contributed by atoms with Crippen molar-refractivity contribution in [2.45, 2.75) is 32.6 Å². The summed E-state index contributed by atoms with van der Waals surface area (Å²) in [4.78, 5) is 6.46. The summed E-state index contributed by atoms with van der Waals surface area (Å²) in [5, 5.41) is 0. The molecule has 2 heteroatoms. The SMILES string of the molecule is CCCCCc1ncc[se]1. The number of hydrogen-bond donors (Lipinski definition) is 0. The van der Waals surface area contributed by atoms with Crippen LogP contribution in [0.15, 0.2) is 11.1 Å². The normalized spacial score (nSPS) is 10.1. The first-order valence-electron chi connectivity index (χ1n) is 3.82. The van der Waals surface area contributed by atoms with E-state index >= 15 is 0 Å². The zero-order valence-corrected chi connectivity index (χ0v) is 8.05. The fraction of sp³-hybridized carbons (Fsp3) is 0.625. The van der Waals surface area contributed by atoms with Gasteiger partial charge in [-0.05, 0) is 0 Å². The third kappa shape index (κ3) is 2.68. The Labute approximate surface area is 68.2 Å². The summed E-state index contributed by atoms with van der Waals surface area (Å²) in [6.07, 6.45) is 7.18. The van der Waals surface area contributed by atoms with E-state index in [-0.39, 0.29) is 0 Å². The van der Waals surface area contributed by atoms with Gasteiger partial charge in [0.15, 0.2) is 0 Å². The fourth-order valence-electron chi connectivity index (χ4n) is 0.903. The Hall–Kier alpha value is -0.0705. The average molecular weight is 202 g/mol. The van der Waals surface area contributed by atoms with E-state index in [1.165, 1.54) is 30.3 Å². The van der Waals surface area contributed by atoms with Gasteiger partial charge >= 0.3 is 67.8 Å². The van der Waals surface area contributed by atoms with Gasteiger partial charge in [-0.25, -0.2) is 0 Å². The van der Waals surface area contributed by atoms with E-state index in [1.54, 1.807) is 0 Å². The van der Waals surface area contributed by atoms with Crippen LogP contribution in [0.5, 0.6) is 0 Å². The number of aryl methyl sites for hydroxylation is 1. The third-order valence-electron chi connectivity index (χ3n) is 1.48. The number of rotatable bonds is 4. The first kappa shape index (κ1) is 8.03. The Bertz CT molecular complexity index is 158. The number of aromatic nitrogens is 1. The molecule has 0 N–H and O–H groups in total. The quantitative estimate of drug-likeness (QED) is 0.536. The van der Waals surface area contributed by atoms with Crippen molar-refractivity contribution in [2.24, 2.45) is 0 Å². The van der Waals surface area contributed by atoms with Gasteiger partial charge in [0.25, 0.3) is 0 Å². The zero-order chi connectivity index (χ0) is 7.23. The van der Waals surface area contributed by atoms with Crippen molar-refractivity contribution in [3.63, 3.8) is 0 Å². The second kappa shape index (κ2) is 4.70. The van der Waals surface area contributed by atoms with Crippen molar-refractivity contribution in [1.29, 1.82) is 0 Å². The Balaban J connectivity index is 2.15. The van der Waals surface area contributed by atoms with E-state index < -0.39 is 0 Å². The standard InChI is InChI=1S/C8H13NSe/c1-2-3-4-5-8-9-6-7-10-8/h6-7H,2-5H2,1H3. The van der Waals surface area contributed by atoms with Gasteiger partial charge in [-0.15, -0.1) is 0 Å². The molecule has 0 bridgehead atoms. The molecule has 0 spiro atoms. The van der Waals surface area contributed by atoms with Crippen LogP contribution in [0.2, 0.25) is 0 Å². The molecule has 10 heavy (non-hydrogen) atoms. The molecule has 1 aromatic rings. The predicted molar refractivity (Wildman–Crippen MR) is 44.4 cm³/mol. The van der Waals surface area contributed by atoms with E-state index in [2.05, 4.69) is 16.8 Å². The predicted octanol–water partition coefficient (Wildman–Crippen LogP) is 1.87. The van der Waals surface area contributed by atoms with Crippen molar-refractivity contribution >= 4 is 14.5 Å². The Kier molecular flexibility index (Phi) is 3.77. The number of nitrogens with zero attached hydrogens (tertiary/aromatic N) is 1. The van der Waals surface area contributed by atoms with Crippen LogP contribution in [0.25, 0.3) is 0 Å². The van der Waals surface area contributed by atoms with Gasteiger partial charge in [-0.3, -0.25) is 0 Å². The fourth-order valence-corrected chi connectivity index (χ4v) is 2.29. The van der Waals surface area contributed by atoms with E-state index in [0.29, 0.717) is 14.5 Å². The molecule has 1 nitrogen and oxygen atoms in total. The molecular formula is C8H13NSe. The van der Waals surface area contributed by atoms with Crippen LogP contribution in [0.4, 0.5) is 0 Å². The van der Waals surface area contributed by atoms with Gasteiger partial charge in [0.1, 0.15) is 0 Å². The summed E-state index contributed by atoms with van der Waals surface area (Å²) < 4.78 is 1.43. The van der Waals surface area contributed by atoms with E-state index in [4.69, 9.17) is 0 Å². The first-order valence-corrected chi connectivity index (χ1v) is 5.66. The molecule has 0 unspecified atom stereocenters. The third-order valence-corrected chi connectivity index (χ3v) is 3.24. The van der Waals surface area contributed by atoms with Gasteiger partial charge in [0, 0.05) is 0 Å². The molecule has 0 saturated carbocycles. The molecule has 56 valence electrons. The first-order chi connectivity index (χ1) is 4.93. The van der Waals surface area contributed by atoms with E-state index in [1.807, 2.05) is 6.20 Å². The van der Waals surface area contributed by atoms with Crippen LogP contribution in [0.1, 0.15) is 30.8 Å². The Morgan fingerprint density at radius 1 is 1.50 bits per heavy atom. The van der Waals surface area contributed by atoms with Crippen LogP contribution in [0, 0.1) is 0 Å². The summed E-state index contributed by atoms with van der Waals surface area (Å²) in [5.74, 6) is 0. The average Bonchev–Trinajstić information content (AvgIpc) is 2.41. The molecule has 0 aliphatic carbocycles. The molecular weight excluding hydrogens is 189 g/mol. The van der Waals surface area contributed by atoms with Crippen LogP contribution in [-0.2, 0) is 6.42 Å². The second-order valence-corrected chi connectivity index (χ2v) is 4.44. The molecule has 0 aliphatic rings. The topological polar surface area (TPSA) is 12.9 Å². The Morgan fingerprint density at radius 2 is 2.40 bits per heavy atom. The molecule has 0 radical (unpaired) electrons. The van der Waals surface area contributed by atoms with Crippen molar-refractivity contribution in [3.05, 3.63) is 15.7 Å². The summed E-state index contributed by atoms with van der Waals surface area (Å²) in [7, 11) is 0. The van der Waals surface area contributed by atoms with Crippen LogP contribution < -0.4 is 0 Å². The molecule has 0 fully saturated rings. The molecule has 1 heterocycles. The molecule has 0 aromatic carbocycles. The van der Waals surface area contributed by atoms with Crippen molar-refractivity contribution in [3.8, 4) is 0 Å². The summed E-state index contributed by atoms with van der Waals surface area (Å²) in [5.41, 5.74) is 0. The van der Waals surface area contributed by atoms with Crippen LogP contribution >= 0.6 is 0 Å². The second-order valence-electron chi connectivity index (χ2n) is 2.38. The van der Waals surface area contributed by atoms with E-state index in [0.717, 1.165) is 0 Å². The van der Waals surface area contributed by atoms with Gasteiger partial charge in [0.05, 0.1) is 0 Å². The molecule has 1 rings (SSSR count). The number of unbranched alkanes of at least 4 members (excludes halogenated alkanes) is 2. The van der Waals surface area contributed by atoms with E-state index in [9.17, 15) is 0 Å². The summed E-state index contributed by atoms with van der Waals surface area (Å²) in [6, 6.07) is 0. The van der Waals surface area contributed by atoms with Crippen molar-refractivity contribution in [2.75, 3.05) is 0 Å². The molecule has 0 aliphatic heterocycles. The van der Waals surface area contributed by atoms with Gasteiger partial charge in [-0.1, -0.05) is 0 Å². The monoisotopic (exact) mass is 203 g/mol. The number of hydrogen-bond acceptors (Lipinski definition) is 1. The van der Waals surface area contributed by atoms with Crippen molar-refractivity contribution < 1.29 is 0 Å². The minimum absolute atomic E-state index is 0.605. The maximum atomic E-state index is 4.27. The van der Waals surface area contributed by atoms with Gasteiger partial charge < -0.3 is 0 Å². The Morgan fingerprint density at radius 3 is 3.00 bits per heavy atom. The maximum absolute atomic E-state index is 4.27. The van der Waals surface area contributed by atoms with Crippen LogP contribution in [-0.4, -0.2) is 19.5 Å². The summed E-state index contributed by atoms with van der Waals surface area (Å²) in [6.45, 7) is 2.24. The molecule has 0 amide bonds. The van der Waals surface area contributed by atoms with Crippen LogP contribution in [0.3, 0.4) is 0 Å². The summed E-state index contributed by atoms with van der Waals surface area (Å²) >= 11 is 0.605. The van der Waals surface area contributed by atoms with Gasteiger partial charge in [0.2, 0.25) is 0 Å². The van der Waals surface area contributed by atoms with Crippen molar-refractivity contribution in [1.82, 2.24) is 4.98 Å².